The molecule has 1 aliphatic heterocycles. The largest absolute Gasteiger partial charge is 0.275 e. The number of sulfonamides is 1. The number of carbonyl (C=O) groups is 1. The van der Waals surface area contributed by atoms with Gasteiger partial charge in [0.05, 0.1) is 16.8 Å². The number of hydrogen-bond acceptors (Lipinski definition) is 5. The van der Waals surface area contributed by atoms with E-state index >= 15 is 0 Å². The average Bonchev–Trinajstić information content (AvgIpc) is 3.29. The van der Waals surface area contributed by atoms with E-state index in [0.717, 1.165) is 19.9 Å². The second-order valence-corrected chi connectivity index (χ2v) is 10.3. The molecule has 10 heteroatoms. The third-order valence-corrected chi connectivity index (χ3v) is 7.65. The van der Waals surface area contributed by atoms with E-state index in [1.807, 2.05) is 54.6 Å². The van der Waals surface area contributed by atoms with Crippen LogP contribution in [-0.2, 0) is 14.8 Å². The van der Waals surface area contributed by atoms with Crippen LogP contribution in [0, 0.1) is 0 Å². The van der Waals surface area contributed by atoms with Crippen molar-refractivity contribution in [3.05, 3.63) is 88.9 Å². The third-order valence-electron chi connectivity index (χ3n) is 5.32. The fourth-order valence-corrected chi connectivity index (χ4v) is 5.66. The minimum absolute atomic E-state index is 0.108. The number of carbonyl (C=O) groups excluding carboxylic acids is 1. The summed E-state index contributed by atoms with van der Waals surface area (Å²) in [6.07, 6.45) is 1.49. The van der Waals surface area contributed by atoms with E-state index in [4.69, 9.17) is 0 Å². The Labute approximate surface area is 204 Å². The molecule has 0 bridgehead atoms. The van der Waals surface area contributed by atoms with Gasteiger partial charge in [0.2, 0.25) is 0 Å². The standard InChI is InChI=1S/C24H18BrN5O3S/c25-18-12-10-16(11-13-18)14-26-27-21(31)15-30-24-22(17-6-2-1-3-7-17)28-29-23(24)19-8-4-5-9-20(19)34(30,32)33/h1-14H,15H2,(H,27,31)(H,28,29)/b26-14+. The van der Waals surface area contributed by atoms with Crippen molar-refractivity contribution in [2.75, 3.05) is 10.8 Å². The summed E-state index contributed by atoms with van der Waals surface area (Å²) in [6.45, 7) is -0.458. The summed E-state index contributed by atoms with van der Waals surface area (Å²) in [5.41, 5.74) is 5.76. The molecular weight excluding hydrogens is 518 g/mol. The number of benzene rings is 3. The quantitative estimate of drug-likeness (QED) is 0.295. The van der Waals surface area contributed by atoms with Crippen LogP contribution < -0.4 is 9.73 Å². The number of fused-ring (bicyclic) bond motifs is 3. The van der Waals surface area contributed by atoms with Crippen molar-refractivity contribution in [1.29, 1.82) is 0 Å². The smallest absolute Gasteiger partial charge is 0.265 e. The van der Waals surface area contributed by atoms with Gasteiger partial charge in [-0.3, -0.25) is 14.2 Å². The molecule has 0 saturated heterocycles. The number of nitrogens with one attached hydrogen (secondary N) is 2. The molecule has 0 aliphatic carbocycles. The van der Waals surface area contributed by atoms with Gasteiger partial charge in [-0.1, -0.05) is 76.6 Å². The first-order valence-electron chi connectivity index (χ1n) is 10.3. The van der Waals surface area contributed by atoms with Crippen molar-refractivity contribution < 1.29 is 13.2 Å². The van der Waals surface area contributed by atoms with Gasteiger partial charge in [0, 0.05) is 15.6 Å². The van der Waals surface area contributed by atoms with Gasteiger partial charge in [0.25, 0.3) is 15.9 Å². The molecule has 170 valence electrons. The fourth-order valence-electron chi connectivity index (χ4n) is 3.76. The summed E-state index contributed by atoms with van der Waals surface area (Å²) >= 11 is 3.36. The number of hydrazone groups is 1. The van der Waals surface area contributed by atoms with Crippen LogP contribution in [0.3, 0.4) is 0 Å². The summed E-state index contributed by atoms with van der Waals surface area (Å²) in [4.78, 5) is 12.9. The third kappa shape index (κ3) is 4.02. The topological polar surface area (TPSA) is 108 Å². The molecule has 34 heavy (non-hydrogen) atoms. The highest BCUT2D eigenvalue weighted by molar-refractivity contribution is 9.10. The Morgan fingerprint density at radius 1 is 1.03 bits per heavy atom. The molecule has 0 saturated carbocycles. The van der Waals surface area contributed by atoms with E-state index in [9.17, 15) is 13.2 Å². The summed E-state index contributed by atoms with van der Waals surface area (Å²) in [7, 11) is -4.02. The molecule has 1 aliphatic rings. The zero-order chi connectivity index (χ0) is 23.7. The maximum absolute atomic E-state index is 13.6. The van der Waals surface area contributed by atoms with E-state index < -0.39 is 22.5 Å². The van der Waals surface area contributed by atoms with E-state index in [1.165, 1.54) is 12.3 Å². The normalized spacial score (nSPS) is 14.0. The Kier molecular flexibility index (Phi) is 5.76. The molecule has 1 amide bonds. The number of H-pyrrole nitrogens is 1. The Morgan fingerprint density at radius 2 is 1.74 bits per heavy atom. The molecular formula is C24H18BrN5O3S. The lowest BCUT2D eigenvalue weighted by atomic mass is 10.1. The molecule has 4 aromatic rings. The molecule has 0 unspecified atom stereocenters. The minimum atomic E-state index is -4.02. The van der Waals surface area contributed by atoms with Crippen molar-refractivity contribution in [3.8, 4) is 22.5 Å². The Bertz CT molecular complexity index is 1490. The van der Waals surface area contributed by atoms with Gasteiger partial charge in [0.15, 0.2) is 0 Å². The van der Waals surface area contributed by atoms with Gasteiger partial charge in [-0.05, 0) is 23.8 Å². The van der Waals surface area contributed by atoms with E-state index in [1.54, 1.807) is 18.2 Å². The van der Waals surface area contributed by atoms with Gasteiger partial charge in [0.1, 0.15) is 17.9 Å². The maximum atomic E-state index is 13.6. The van der Waals surface area contributed by atoms with E-state index in [0.29, 0.717) is 22.6 Å². The number of nitrogens with zero attached hydrogens (tertiary/aromatic N) is 3. The molecule has 8 nitrogen and oxygen atoms in total. The van der Waals surface area contributed by atoms with Crippen LogP contribution in [-0.4, -0.2) is 37.3 Å². The average molecular weight is 536 g/mol. The van der Waals surface area contributed by atoms with Crippen LogP contribution in [0.4, 0.5) is 5.69 Å². The highest BCUT2D eigenvalue weighted by Gasteiger charge is 2.39. The number of aromatic nitrogens is 2. The molecule has 3 aromatic carbocycles. The van der Waals surface area contributed by atoms with Crippen molar-refractivity contribution in [2.45, 2.75) is 4.90 Å². The first-order chi connectivity index (χ1) is 16.4. The highest BCUT2D eigenvalue weighted by atomic mass is 79.9. The first kappa shape index (κ1) is 22.1. The van der Waals surface area contributed by atoms with Gasteiger partial charge in [-0.15, -0.1) is 0 Å². The number of hydrogen-bond donors (Lipinski definition) is 2. The van der Waals surface area contributed by atoms with Crippen molar-refractivity contribution >= 4 is 43.8 Å². The predicted molar refractivity (Wildman–Crippen MR) is 134 cm³/mol. The second-order valence-electron chi connectivity index (χ2n) is 7.51. The first-order valence-corrected chi connectivity index (χ1v) is 12.5. The molecule has 0 fully saturated rings. The molecule has 2 N–H and O–H groups in total. The van der Waals surface area contributed by atoms with Crippen LogP contribution in [0.1, 0.15) is 5.56 Å². The zero-order valence-corrected chi connectivity index (χ0v) is 20.0. The van der Waals surface area contributed by atoms with E-state index in [2.05, 4.69) is 36.7 Å². The Hall–Kier alpha value is -3.76. The summed E-state index contributed by atoms with van der Waals surface area (Å²) in [5.74, 6) is -0.581. The fraction of sp³-hybridized carbons (Fsp3) is 0.0417. The van der Waals surface area contributed by atoms with E-state index in [-0.39, 0.29) is 4.90 Å². The van der Waals surface area contributed by atoms with Crippen LogP contribution in [0.15, 0.2) is 93.3 Å². The molecule has 0 radical (unpaired) electrons. The molecule has 5 rings (SSSR count). The van der Waals surface area contributed by atoms with Crippen LogP contribution in [0.5, 0.6) is 0 Å². The van der Waals surface area contributed by atoms with Gasteiger partial charge >= 0.3 is 0 Å². The lowest BCUT2D eigenvalue weighted by Crippen LogP contribution is -2.41. The van der Waals surface area contributed by atoms with Crippen LogP contribution in [0.2, 0.25) is 0 Å². The van der Waals surface area contributed by atoms with Crippen LogP contribution in [0.25, 0.3) is 22.5 Å². The molecule has 0 spiro atoms. The predicted octanol–water partition coefficient (Wildman–Crippen LogP) is 4.17. The molecule has 0 atom stereocenters. The number of aromatic amines is 1. The van der Waals surface area contributed by atoms with Crippen molar-refractivity contribution in [3.63, 3.8) is 0 Å². The minimum Gasteiger partial charge on any atom is -0.275 e. The van der Waals surface area contributed by atoms with Crippen molar-refractivity contribution in [2.24, 2.45) is 5.10 Å². The summed E-state index contributed by atoms with van der Waals surface area (Å²) in [5, 5.41) is 11.3. The zero-order valence-electron chi connectivity index (χ0n) is 17.6. The lowest BCUT2D eigenvalue weighted by Gasteiger charge is -2.29. The highest BCUT2D eigenvalue weighted by Crippen LogP contribution is 2.46. The summed E-state index contributed by atoms with van der Waals surface area (Å²) in [6, 6.07) is 23.2. The number of amides is 1. The maximum Gasteiger partial charge on any atom is 0.265 e. The Balaban J connectivity index is 1.50. The molecule has 2 heterocycles. The molecule has 1 aromatic heterocycles. The SMILES string of the molecule is O=C(CN1c2c(-c3ccccc3)n[nH]c2-c2ccccc2S1(=O)=O)N/N=C/c1ccc(Br)cc1. The van der Waals surface area contributed by atoms with Gasteiger partial charge < -0.3 is 0 Å². The van der Waals surface area contributed by atoms with Crippen LogP contribution >= 0.6 is 15.9 Å². The lowest BCUT2D eigenvalue weighted by molar-refractivity contribution is -0.119. The summed E-state index contributed by atoms with van der Waals surface area (Å²) < 4.78 is 29.2. The Morgan fingerprint density at radius 3 is 2.50 bits per heavy atom. The number of rotatable bonds is 5. The van der Waals surface area contributed by atoms with Crippen molar-refractivity contribution in [1.82, 2.24) is 15.6 Å². The second kappa shape index (κ2) is 8.88. The number of anilines is 1. The number of halogens is 1. The van der Waals surface area contributed by atoms with Gasteiger partial charge in [-0.25, -0.2) is 13.8 Å². The monoisotopic (exact) mass is 535 g/mol. The van der Waals surface area contributed by atoms with Gasteiger partial charge in [-0.2, -0.15) is 10.2 Å².